The highest BCUT2D eigenvalue weighted by Gasteiger charge is 2.29. The standard InChI is InChI=1S/C15H27N3S/c1-12(10-18-8-4-5-9-18)16-15-17-14-7-3-2-6-13(14)11-19-15/h12-14H,2-11H2,1H3,(H,16,17). The Kier molecular flexibility index (Phi) is 4.69. The normalized spacial score (nSPS) is 33.6. The Labute approximate surface area is 121 Å². The molecule has 3 unspecified atom stereocenters. The summed E-state index contributed by atoms with van der Waals surface area (Å²) in [6.45, 7) is 6.05. The molecule has 4 heteroatoms. The quantitative estimate of drug-likeness (QED) is 0.862. The fourth-order valence-corrected chi connectivity index (χ4v) is 4.87. The summed E-state index contributed by atoms with van der Waals surface area (Å²) in [5.41, 5.74) is 0. The van der Waals surface area contributed by atoms with E-state index in [1.54, 1.807) is 0 Å². The van der Waals surface area contributed by atoms with Crippen molar-refractivity contribution in [1.29, 1.82) is 0 Å². The van der Waals surface area contributed by atoms with Crippen LogP contribution in [0.15, 0.2) is 4.99 Å². The summed E-state index contributed by atoms with van der Waals surface area (Å²) in [5.74, 6) is 2.14. The highest BCUT2D eigenvalue weighted by atomic mass is 32.2. The van der Waals surface area contributed by atoms with Crippen LogP contribution < -0.4 is 5.32 Å². The molecule has 108 valence electrons. The monoisotopic (exact) mass is 281 g/mol. The minimum Gasteiger partial charge on any atom is -0.361 e. The molecule has 0 aromatic rings. The van der Waals surface area contributed by atoms with Crippen molar-refractivity contribution in [1.82, 2.24) is 10.2 Å². The van der Waals surface area contributed by atoms with Gasteiger partial charge in [0.1, 0.15) is 0 Å². The Balaban J connectivity index is 1.49. The van der Waals surface area contributed by atoms with E-state index in [4.69, 9.17) is 4.99 Å². The lowest BCUT2D eigenvalue weighted by atomic mass is 9.86. The lowest BCUT2D eigenvalue weighted by molar-refractivity contribution is 0.310. The molecule has 3 nitrogen and oxygen atoms in total. The molecule has 3 rings (SSSR count). The van der Waals surface area contributed by atoms with Crippen LogP contribution in [0.4, 0.5) is 0 Å². The molecular formula is C15H27N3S. The maximum Gasteiger partial charge on any atom is 0.157 e. The Morgan fingerprint density at radius 2 is 2.05 bits per heavy atom. The molecule has 19 heavy (non-hydrogen) atoms. The highest BCUT2D eigenvalue weighted by molar-refractivity contribution is 8.13. The van der Waals surface area contributed by atoms with Crippen molar-refractivity contribution in [2.75, 3.05) is 25.4 Å². The third kappa shape index (κ3) is 3.66. The second-order valence-electron chi connectivity index (χ2n) is 6.41. The van der Waals surface area contributed by atoms with Gasteiger partial charge in [-0.25, -0.2) is 0 Å². The number of likely N-dealkylation sites (tertiary alicyclic amines) is 1. The third-order valence-electron chi connectivity index (χ3n) is 4.69. The number of amidine groups is 1. The van der Waals surface area contributed by atoms with Crippen molar-refractivity contribution in [2.45, 2.75) is 57.5 Å². The van der Waals surface area contributed by atoms with E-state index >= 15 is 0 Å². The van der Waals surface area contributed by atoms with Crippen LogP contribution in [0.1, 0.15) is 45.4 Å². The van der Waals surface area contributed by atoms with Crippen molar-refractivity contribution in [3.63, 3.8) is 0 Å². The second-order valence-corrected chi connectivity index (χ2v) is 7.42. The minimum atomic E-state index is 0.532. The molecule has 2 heterocycles. The van der Waals surface area contributed by atoms with E-state index in [0.717, 1.165) is 5.92 Å². The lowest BCUT2D eigenvalue weighted by Gasteiger charge is -2.33. The van der Waals surface area contributed by atoms with Crippen LogP contribution in [0.5, 0.6) is 0 Å². The zero-order valence-corrected chi connectivity index (χ0v) is 12.9. The Morgan fingerprint density at radius 3 is 2.89 bits per heavy atom. The molecule has 3 aliphatic rings. The lowest BCUT2D eigenvalue weighted by Crippen LogP contribution is -2.43. The van der Waals surface area contributed by atoms with Gasteiger partial charge in [0.25, 0.3) is 0 Å². The number of fused-ring (bicyclic) bond motifs is 1. The number of nitrogens with zero attached hydrogens (tertiary/aromatic N) is 2. The van der Waals surface area contributed by atoms with Crippen LogP contribution in [-0.4, -0.2) is 47.5 Å². The van der Waals surface area contributed by atoms with Gasteiger partial charge in [-0.3, -0.25) is 4.99 Å². The molecule has 0 spiro atoms. The number of nitrogens with one attached hydrogen (secondary N) is 1. The van der Waals surface area contributed by atoms with Gasteiger partial charge in [0.05, 0.1) is 6.04 Å². The Bertz CT molecular complexity index is 325. The number of thioether (sulfide) groups is 1. The summed E-state index contributed by atoms with van der Waals surface area (Å²) in [7, 11) is 0. The van der Waals surface area contributed by atoms with E-state index in [0.29, 0.717) is 12.1 Å². The van der Waals surface area contributed by atoms with Crippen LogP contribution in [0.2, 0.25) is 0 Å². The van der Waals surface area contributed by atoms with E-state index in [1.807, 2.05) is 11.8 Å². The summed E-state index contributed by atoms with van der Waals surface area (Å²) in [4.78, 5) is 7.55. The van der Waals surface area contributed by atoms with Gasteiger partial charge >= 0.3 is 0 Å². The molecule has 1 saturated heterocycles. The maximum atomic E-state index is 4.97. The van der Waals surface area contributed by atoms with E-state index in [2.05, 4.69) is 17.1 Å². The summed E-state index contributed by atoms with van der Waals surface area (Å²) >= 11 is 1.96. The first kappa shape index (κ1) is 13.7. The first-order valence-corrected chi connectivity index (χ1v) is 8.99. The van der Waals surface area contributed by atoms with Crippen LogP contribution in [0.25, 0.3) is 0 Å². The Morgan fingerprint density at radius 1 is 1.26 bits per heavy atom. The highest BCUT2D eigenvalue weighted by Crippen LogP contribution is 2.33. The van der Waals surface area contributed by atoms with Gasteiger partial charge in [-0.2, -0.15) is 0 Å². The fraction of sp³-hybridized carbons (Fsp3) is 0.933. The average molecular weight is 281 g/mol. The predicted octanol–water partition coefficient (Wildman–Crippen LogP) is 2.72. The van der Waals surface area contributed by atoms with Crippen LogP contribution in [-0.2, 0) is 0 Å². The van der Waals surface area contributed by atoms with Gasteiger partial charge in [-0.15, -0.1) is 0 Å². The SMILES string of the molecule is CC(CN1CCCC1)NC1=NC2CCCCC2CS1. The molecule has 1 aliphatic carbocycles. The number of aliphatic imine (C=N–C) groups is 1. The molecule has 2 aliphatic heterocycles. The van der Waals surface area contributed by atoms with Crippen LogP contribution in [0.3, 0.4) is 0 Å². The van der Waals surface area contributed by atoms with Crippen LogP contribution in [0, 0.1) is 5.92 Å². The van der Waals surface area contributed by atoms with Crippen molar-refractivity contribution in [3.05, 3.63) is 0 Å². The van der Waals surface area contributed by atoms with Gasteiger partial charge in [0.15, 0.2) is 5.17 Å². The molecule has 1 saturated carbocycles. The van der Waals surface area contributed by atoms with Crippen molar-refractivity contribution < 1.29 is 0 Å². The second kappa shape index (κ2) is 6.49. The van der Waals surface area contributed by atoms with E-state index in [9.17, 15) is 0 Å². The number of hydrogen-bond acceptors (Lipinski definition) is 4. The van der Waals surface area contributed by atoms with Crippen molar-refractivity contribution in [3.8, 4) is 0 Å². The van der Waals surface area contributed by atoms with Gasteiger partial charge < -0.3 is 10.2 Å². The number of hydrogen-bond donors (Lipinski definition) is 1. The predicted molar refractivity (Wildman–Crippen MR) is 83.9 cm³/mol. The molecule has 2 fully saturated rings. The van der Waals surface area contributed by atoms with Gasteiger partial charge in [-0.05, 0) is 51.6 Å². The summed E-state index contributed by atoms with van der Waals surface area (Å²) < 4.78 is 0. The largest absolute Gasteiger partial charge is 0.361 e. The maximum absolute atomic E-state index is 4.97. The van der Waals surface area contributed by atoms with Crippen molar-refractivity contribution in [2.24, 2.45) is 10.9 Å². The zero-order valence-electron chi connectivity index (χ0n) is 12.1. The molecule has 0 amide bonds. The van der Waals surface area contributed by atoms with E-state index in [1.165, 1.54) is 69.1 Å². The fourth-order valence-electron chi connectivity index (χ4n) is 3.61. The first-order valence-electron chi connectivity index (χ1n) is 8.01. The van der Waals surface area contributed by atoms with E-state index < -0.39 is 0 Å². The molecule has 0 radical (unpaired) electrons. The van der Waals surface area contributed by atoms with Crippen LogP contribution >= 0.6 is 11.8 Å². The average Bonchev–Trinajstić information content (AvgIpc) is 2.91. The minimum absolute atomic E-state index is 0.532. The van der Waals surface area contributed by atoms with E-state index in [-0.39, 0.29) is 0 Å². The molecular weight excluding hydrogens is 254 g/mol. The first-order chi connectivity index (χ1) is 9.31. The van der Waals surface area contributed by atoms with Crippen molar-refractivity contribution >= 4 is 16.9 Å². The molecule has 0 bridgehead atoms. The summed E-state index contributed by atoms with van der Waals surface area (Å²) in [5, 5.41) is 4.87. The molecule has 0 aromatic carbocycles. The smallest absolute Gasteiger partial charge is 0.157 e. The molecule has 3 atom stereocenters. The third-order valence-corrected chi connectivity index (χ3v) is 5.78. The molecule has 1 N–H and O–H groups in total. The number of rotatable bonds is 3. The zero-order chi connectivity index (χ0) is 13.1. The van der Waals surface area contributed by atoms with Gasteiger partial charge in [-0.1, -0.05) is 24.6 Å². The van der Waals surface area contributed by atoms with Gasteiger partial charge in [0.2, 0.25) is 0 Å². The summed E-state index contributed by atoms with van der Waals surface area (Å²) in [6.07, 6.45) is 8.28. The topological polar surface area (TPSA) is 27.6 Å². The van der Waals surface area contributed by atoms with Gasteiger partial charge in [0, 0.05) is 18.3 Å². The Hall–Kier alpha value is -0.220. The summed E-state index contributed by atoms with van der Waals surface area (Å²) in [6, 6.07) is 1.15. The molecule has 0 aromatic heterocycles.